The van der Waals surface area contributed by atoms with E-state index >= 15 is 0 Å². The third-order valence-corrected chi connectivity index (χ3v) is 7.85. The van der Waals surface area contributed by atoms with Gasteiger partial charge in [-0.1, -0.05) is 30.3 Å². The summed E-state index contributed by atoms with van der Waals surface area (Å²) >= 11 is 8.02. The maximum absolute atomic E-state index is 13.0. The molecule has 1 N–H and O–H groups in total. The van der Waals surface area contributed by atoms with Crippen molar-refractivity contribution in [1.29, 1.82) is 0 Å². The van der Waals surface area contributed by atoms with Gasteiger partial charge in [0.2, 0.25) is 11.8 Å². The molecule has 0 spiro atoms. The molecule has 3 unspecified atom stereocenters. The van der Waals surface area contributed by atoms with Crippen LogP contribution >= 0.6 is 23.4 Å². The second-order valence-electron chi connectivity index (χ2n) is 8.37. The van der Waals surface area contributed by atoms with E-state index < -0.39 is 33.2 Å². The van der Waals surface area contributed by atoms with E-state index in [2.05, 4.69) is 5.32 Å². The van der Waals surface area contributed by atoms with Crippen LogP contribution in [0, 0.1) is 10.1 Å². The molecular formula is C23H22ClN3O6S. The number of hydrogen-bond donors (Lipinski definition) is 1. The van der Waals surface area contributed by atoms with E-state index in [9.17, 15) is 24.5 Å². The predicted molar refractivity (Wildman–Crippen MR) is 126 cm³/mol. The molecule has 0 aliphatic carbocycles. The van der Waals surface area contributed by atoms with Gasteiger partial charge in [-0.25, -0.2) is 4.79 Å². The van der Waals surface area contributed by atoms with Crippen molar-refractivity contribution in [3.63, 3.8) is 0 Å². The third kappa shape index (κ3) is 4.88. The lowest BCUT2D eigenvalue weighted by Gasteiger charge is -2.56. The van der Waals surface area contributed by atoms with Crippen molar-refractivity contribution >= 4 is 46.8 Å². The number of nitrogens with one attached hydrogen (secondary N) is 1. The van der Waals surface area contributed by atoms with Crippen molar-refractivity contribution in [2.24, 2.45) is 0 Å². The average Bonchev–Trinajstić information content (AvgIpc) is 2.81. The Morgan fingerprint density at radius 2 is 1.88 bits per heavy atom. The minimum Gasteiger partial charge on any atom is -0.459 e. The number of amides is 2. The lowest BCUT2D eigenvalue weighted by Crippen LogP contribution is -2.78. The zero-order valence-electron chi connectivity index (χ0n) is 18.2. The summed E-state index contributed by atoms with van der Waals surface area (Å²) in [6, 6.07) is 13.1. The zero-order valence-corrected chi connectivity index (χ0v) is 19.8. The molecule has 2 aromatic carbocycles. The predicted octanol–water partition coefficient (Wildman–Crippen LogP) is 2.65. The van der Waals surface area contributed by atoms with E-state index in [0.29, 0.717) is 11.3 Å². The number of rotatable bonds is 7. The minimum atomic E-state index is -1.05. The number of alkyl halides is 1. The van der Waals surface area contributed by atoms with E-state index in [1.807, 2.05) is 30.3 Å². The van der Waals surface area contributed by atoms with Crippen molar-refractivity contribution in [2.45, 2.75) is 42.3 Å². The normalized spacial score (nSPS) is 25.6. The largest absolute Gasteiger partial charge is 0.459 e. The quantitative estimate of drug-likeness (QED) is 0.203. The Morgan fingerprint density at radius 1 is 1.21 bits per heavy atom. The summed E-state index contributed by atoms with van der Waals surface area (Å²) in [5.74, 6) is -0.946. The molecule has 2 fully saturated rings. The number of benzene rings is 2. The van der Waals surface area contributed by atoms with Crippen molar-refractivity contribution in [2.75, 3.05) is 5.75 Å². The number of halogens is 1. The van der Waals surface area contributed by atoms with E-state index in [4.69, 9.17) is 16.3 Å². The van der Waals surface area contributed by atoms with Crippen LogP contribution in [0.25, 0.3) is 0 Å². The van der Waals surface area contributed by atoms with Gasteiger partial charge < -0.3 is 15.0 Å². The Bertz CT molecular complexity index is 1110. The Hall–Kier alpha value is -3.11. The molecule has 2 aromatic rings. The number of carbonyl (C=O) groups excluding carboxylic acids is 3. The summed E-state index contributed by atoms with van der Waals surface area (Å²) in [5.41, 5.74) is 1.33. The van der Waals surface area contributed by atoms with Gasteiger partial charge in [0.1, 0.15) is 18.0 Å². The third-order valence-electron chi connectivity index (χ3n) is 5.74. The first kappa shape index (κ1) is 24.0. The Labute approximate surface area is 204 Å². The van der Waals surface area contributed by atoms with Crippen molar-refractivity contribution in [3.05, 3.63) is 75.8 Å². The number of β-lactam (4-membered cyclic amide) rings is 1. The van der Waals surface area contributed by atoms with E-state index in [1.165, 1.54) is 40.9 Å². The molecule has 178 valence electrons. The van der Waals surface area contributed by atoms with Crippen LogP contribution in [0.5, 0.6) is 0 Å². The Balaban J connectivity index is 1.39. The van der Waals surface area contributed by atoms with Crippen LogP contribution in [-0.2, 0) is 32.1 Å². The molecular weight excluding hydrogens is 482 g/mol. The fraction of sp³-hybridized carbons (Fsp3) is 0.348. The minimum absolute atomic E-state index is 0.0675. The number of esters is 1. The summed E-state index contributed by atoms with van der Waals surface area (Å²) < 4.78 is 5.42. The standard InChI is InChI=1S/C23H22ClN3O6S/c1-23(24)13-34-21-18(25-17(28)11-14-5-3-2-4-6-14)20(29)26(21)19(23)22(30)33-12-15-7-9-16(10-8-15)27(31)32/h2-10,18-19,21H,11-13H2,1H3,(H,25,28)/t18?,19?,21-,23?/m0/s1. The molecule has 0 saturated carbocycles. The first-order valence-electron chi connectivity index (χ1n) is 10.5. The van der Waals surface area contributed by atoms with Crippen LogP contribution in [0.1, 0.15) is 18.1 Å². The molecule has 2 saturated heterocycles. The highest BCUT2D eigenvalue weighted by atomic mass is 35.5. The number of non-ortho nitro benzene ring substituents is 1. The maximum Gasteiger partial charge on any atom is 0.331 e. The van der Waals surface area contributed by atoms with Gasteiger partial charge in [-0.05, 0) is 30.2 Å². The van der Waals surface area contributed by atoms with Gasteiger partial charge in [0.25, 0.3) is 5.69 Å². The van der Waals surface area contributed by atoms with Crippen molar-refractivity contribution < 1.29 is 24.0 Å². The summed E-state index contributed by atoms with van der Waals surface area (Å²) in [6.45, 7) is 1.56. The molecule has 2 amide bonds. The van der Waals surface area contributed by atoms with E-state index in [-0.39, 0.29) is 30.5 Å². The molecule has 34 heavy (non-hydrogen) atoms. The number of thioether (sulfide) groups is 1. The first-order chi connectivity index (χ1) is 16.2. The van der Waals surface area contributed by atoms with Crippen molar-refractivity contribution in [3.8, 4) is 0 Å². The molecule has 4 atom stereocenters. The number of hydrogen-bond acceptors (Lipinski definition) is 7. The summed E-state index contributed by atoms with van der Waals surface area (Å²) in [4.78, 5) is 48.9. The number of nitro benzene ring substituents is 1. The summed E-state index contributed by atoms with van der Waals surface area (Å²) in [5, 5.41) is 13.1. The molecule has 2 heterocycles. The molecule has 4 rings (SSSR count). The fourth-order valence-corrected chi connectivity index (χ4v) is 5.80. The highest BCUT2D eigenvalue weighted by Crippen LogP contribution is 2.45. The molecule has 0 bridgehead atoms. The molecule has 0 aromatic heterocycles. The smallest absolute Gasteiger partial charge is 0.331 e. The summed E-state index contributed by atoms with van der Waals surface area (Å²) in [6.07, 6.45) is 0.149. The van der Waals surface area contributed by atoms with E-state index in [0.717, 1.165) is 5.56 Å². The van der Waals surface area contributed by atoms with Crippen LogP contribution in [-0.4, -0.2) is 55.7 Å². The monoisotopic (exact) mass is 503 g/mol. The highest BCUT2D eigenvalue weighted by molar-refractivity contribution is 8.00. The van der Waals surface area contributed by atoms with Crippen molar-refractivity contribution in [1.82, 2.24) is 10.2 Å². The molecule has 2 aliphatic rings. The maximum atomic E-state index is 13.0. The van der Waals surface area contributed by atoms with Gasteiger partial charge in [-0.2, -0.15) is 0 Å². The van der Waals surface area contributed by atoms with Gasteiger partial charge >= 0.3 is 5.97 Å². The van der Waals surface area contributed by atoms with Crippen LogP contribution in [0.4, 0.5) is 5.69 Å². The first-order valence-corrected chi connectivity index (χ1v) is 12.0. The second-order valence-corrected chi connectivity index (χ2v) is 10.3. The number of fused-ring (bicyclic) bond motifs is 1. The molecule has 11 heteroatoms. The molecule has 2 aliphatic heterocycles. The van der Waals surface area contributed by atoms with E-state index in [1.54, 1.807) is 6.92 Å². The van der Waals surface area contributed by atoms with Gasteiger partial charge in [-0.3, -0.25) is 19.7 Å². The lowest BCUT2D eigenvalue weighted by molar-refractivity contribution is -0.384. The zero-order chi connectivity index (χ0) is 24.5. The summed E-state index contributed by atoms with van der Waals surface area (Å²) in [7, 11) is 0. The Kier molecular flexibility index (Phi) is 6.81. The van der Waals surface area contributed by atoms with Gasteiger partial charge in [-0.15, -0.1) is 23.4 Å². The van der Waals surface area contributed by atoms with Crippen LogP contribution < -0.4 is 5.32 Å². The molecule has 0 radical (unpaired) electrons. The number of nitro groups is 1. The topological polar surface area (TPSA) is 119 Å². The SMILES string of the molecule is CC1(Cl)CS[C@H]2C(NC(=O)Cc3ccccc3)C(=O)N2C1C(=O)OCc1ccc([N+](=O)[O-])cc1. The van der Waals surface area contributed by atoms with Crippen LogP contribution in [0.2, 0.25) is 0 Å². The van der Waals surface area contributed by atoms with Gasteiger partial charge in [0, 0.05) is 17.9 Å². The Morgan fingerprint density at radius 3 is 2.53 bits per heavy atom. The lowest BCUT2D eigenvalue weighted by atomic mass is 9.94. The van der Waals surface area contributed by atoms with Crippen LogP contribution in [0.15, 0.2) is 54.6 Å². The fourth-order valence-electron chi connectivity index (χ4n) is 4.00. The van der Waals surface area contributed by atoms with Gasteiger partial charge in [0.15, 0.2) is 6.04 Å². The second kappa shape index (κ2) is 9.63. The van der Waals surface area contributed by atoms with Crippen LogP contribution in [0.3, 0.4) is 0 Å². The van der Waals surface area contributed by atoms with Gasteiger partial charge in [0.05, 0.1) is 16.2 Å². The average molecular weight is 504 g/mol. The number of carbonyl (C=O) groups is 3. The number of ether oxygens (including phenoxy) is 1. The highest BCUT2D eigenvalue weighted by Gasteiger charge is 2.61. The number of nitrogens with zero attached hydrogens (tertiary/aromatic N) is 2. The molecule has 9 nitrogen and oxygen atoms in total.